The van der Waals surface area contributed by atoms with E-state index >= 15 is 0 Å². The van der Waals surface area contributed by atoms with Crippen LogP contribution in [0, 0.1) is 5.82 Å². The fourth-order valence-corrected chi connectivity index (χ4v) is 1.55. The zero-order valence-corrected chi connectivity index (χ0v) is 10.2. The lowest BCUT2D eigenvalue weighted by Crippen LogP contribution is -2.04. The van der Waals surface area contributed by atoms with Crippen LogP contribution in [0.4, 0.5) is 4.39 Å². The van der Waals surface area contributed by atoms with E-state index in [9.17, 15) is 4.39 Å². The molecule has 0 unspecified atom stereocenters. The van der Waals surface area contributed by atoms with Gasteiger partial charge in [-0.2, -0.15) is 0 Å². The van der Waals surface area contributed by atoms with Crippen molar-refractivity contribution in [2.45, 2.75) is 13.5 Å². The normalized spacial score (nSPS) is 10.6. The summed E-state index contributed by atoms with van der Waals surface area (Å²) in [5, 5.41) is 0. The van der Waals surface area contributed by atoms with Gasteiger partial charge in [-0.05, 0) is 24.6 Å². The predicted octanol–water partition coefficient (Wildman–Crippen LogP) is 3.14. The maximum absolute atomic E-state index is 12.7. The second-order valence-electron chi connectivity index (χ2n) is 2.99. The lowest BCUT2D eigenvalue weighted by molar-refractivity contribution is 0.0451. The molecule has 0 aliphatic carbocycles. The summed E-state index contributed by atoms with van der Waals surface area (Å²) in [4.78, 5) is 0. The highest BCUT2D eigenvalue weighted by molar-refractivity contribution is 9.10. The standard InChI is InChI=1S/C11H14BrFO2/c1-2-14-5-6-15-8-9-3-4-10(13)7-11(9)12/h3-4,7H,2,5-6,8H2,1H3. The van der Waals surface area contributed by atoms with Crippen LogP contribution in [0.2, 0.25) is 0 Å². The van der Waals surface area contributed by atoms with Crippen molar-refractivity contribution < 1.29 is 13.9 Å². The fraction of sp³-hybridized carbons (Fsp3) is 0.455. The Hall–Kier alpha value is -0.450. The molecule has 15 heavy (non-hydrogen) atoms. The zero-order valence-electron chi connectivity index (χ0n) is 8.63. The van der Waals surface area contributed by atoms with E-state index < -0.39 is 0 Å². The summed E-state index contributed by atoms with van der Waals surface area (Å²) >= 11 is 3.28. The smallest absolute Gasteiger partial charge is 0.124 e. The summed E-state index contributed by atoms with van der Waals surface area (Å²) < 4.78 is 24.0. The molecule has 4 heteroatoms. The molecular formula is C11H14BrFO2. The van der Waals surface area contributed by atoms with Gasteiger partial charge in [-0.25, -0.2) is 4.39 Å². The van der Waals surface area contributed by atoms with Gasteiger partial charge in [-0.1, -0.05) is 22.0 Å². The number of rotatable bonds is 6. The van der Waals surface area contributed by atoms with E-state index in [-0.39, 0.29) is 5.82 Å². The largest absolute Gasteiger partial charge is 0.379 e. The van der Waals surface area contributed by atoms with Crippen LogP contribution in [-0.4, -0.2) is 19.8 Å². The van der Waals surface area contributed by atoms with Crippen molar-refractivity contribution in [3.05, 3.63) is 34.1 Å². The molecule has 0 heterocycles. The van der Waals surface area contributed by atoms with Crippen molar-refractivity contribution in [2.75, 3.05) is 19.8 Å². The molecule has 0 saturated heterocycles. The van der Waals surface area contributed by atoms with Crippen LogP contribution in [0.3, 0.4) is 0 Å². The maximum atomic E-state index is 12.7. The van der Waals surface area contributed by atoms with Crippen LogP contribution >= 0.6 is 15.9 Å². The van der Waals surface area contributed by atoms with Crippen molar-refractivity contribution in [3.63, 3.8) is 0 Å². The molecule has 0 aliphatic heterocycles. The first-order valence-corrected chi connectivity index (χ1v) is 5.62. The average molecular weight is 277 g/mol. The molecule has 0 saturated carbocycles. The minimum absolute atomic E-state index is 0.250. The molecule has 0 amide bonds. The Morgan fingerprint density at radius 1 is 1.27 bits per heavy atom. The third-order valence-corrected chi connectivity index (χ3v) is 2.59. The minimum Gasteiger partial charge on any atom is -0.379 e. The number of hydrogen-bond acceptors (Lipinski definition) is 2. The molecule has 0 fully saturated rings. The van der Waals surface area contributed by atoms with E-state index in [1.807, 2.05) is 6.92 Å². The summed E-state index contributed by atoms with van der Waals surface area (Å²) in [6.07, 6.45) is 0. The van der Waals surface area contributed by atoms with E-state index in [0.29, 0.717) is 26.4 Å². The SMILES string of the molecule is CCOCCOCc1ccc(F)cc1Br. The molecule has 0 atom stereocenters. The Morgan fingerprint density at radius 2 is 2.00 bits per heavy atom. The molecule has 2 nitrogen and oxygen atoms in total. The lowest BCUT2D eigenvalue weighted by Gasteiger charge is -2.06. The van der Waals surface area contributed by atoms with Gasteiger partial charge in [0.2, 0.25) is 0 Å². The molecule has 0 N–H and O–H groups in total. The topological polar surface area (TPSA) is 18.5 Å². The average Bonchev–Trinajstić information content (AvgIpc) is 2.20. The van der Waals surface area contributed by atoms with Gasteiger partial charge in [0.05, 0.1) is 19.8 Å². The van der Waals surface area contributed by atoms with Crippen LogP contribution in [0.1, 0.15) is 12.5 Å². The molecule has 1 aromatic carbocycles. The third kappa shape index (κ3) is 4.73. The molecule has 0 spiro atoms. The number of halogens is 2. The van der Waals surface area contributed by atoms with Gasteiger partial charge >= 0.3 is 0 Å². The Balaban J connectivity index is 2.31. The maximum Gasteiger partial charge on any atom is 0.124 e. The molecule has 0 aromatic heterocycles. The van der Waals surface area contributed by atoms with E-state index in [1.165, 1.54) is 12.1 Å². The van der Waals surface area contributed by atoms with Gasteiger partial charge in [0, 0.05) is 11.1 Å². The van der Waals surface area contributed by atoms with Crippen LogP contribution in [0.15, 0.2) is 22.7 Å². The predicted molar refractivity (Wildman–Crippen MR) is 60.2 cm³/mol. The summed E-state index contributed by atoms with van der Waals surface area (Å²) in [5.41, 5.74) is 0.938. The van der Waals surface area contributed by atoms with Gasteiger partial charge in [0.1, 0.15) is 5.82 Å². The Morgan fingerprint density at radius 3 is 2.67 bits per heavy atom. The van der Waals surface area contributed by atoms with E-state index in [1.54, 1.807) is 6.07 Å². The second-order valence-corrected chi connectivity index (χ2v) is 3.84. The van der Waals surface area contributed by atoms with Gasteiger partial charge in [-0.3, -0.25) is 0 Å². The Bertz CT molecular complexity index is 305. The highest BCUT2D eigenvalue weighted by Crippen LogP contribution is 2.18. The van der Waals surface area contributed by atoms with E-state index in [0.717, 1.165) is 10.0 Å². The van der Waals surface area contributed by atoms with Gasteiger partial charge < -0.3 is 9.47 Å². The zero-order chi connectivity index (χ0) is 11.1. The first-order chi connectivity index (χ1) is 7.24. The van der Waals surface area contributed by atoms with Crippen molar-refractivity contribution in [2.24, 2.45) is 0 Å². The highest BCUT2D eigenvalue weighted by Gasteiger charge is 2.01. The molecule has 0 aliphatic rings. The summed E-state index contributed by atoms with van der Waals surface area (Å²) in [5.74, 6) is -0.250. The summed E-state index contributed by atoms with van der Waals surface area (Å²) in [6, 6.07) is 4.56. The van der Waals surface area contributed by atoms with E-state index in [4.69, 9.17) is 9.47 Å². The molecule has 1 rings (SSSR count). The number of benzene rings is 1. The fourth-order valence-electron chi connectivity index (χ4n) is 1.08. The van der Waals surface area contributed by atoms with Gasteiger partial charge in [0.25, 0.3) is 0 Å². The Kier molecular flexibility index (Phi) is 5.83. The highest BCUT2D eigenvalue weighted by atomic mass is 79.9. The van der Waals surface area contributed by atoms with Crippen LogP contribution in [0.25, 0.3) is 0 Å². The molecule has 0 radical (unpaired) electrons. The monoisotopic (exact) mass is 276 g/mol. The summed E-state index contributed by atoms with van der Waals surface area (Å²) in [7, 11) is 0. The number of ether oxygens (including phenoxy) is 2. The van der Waals surface area contributed by atoms with Crippen molar-refractivity contribution in [1.82, 2.24) is 0 Å². The van der Waals surface area contributed by atoms with E-state index in [2.05, 4.69) is 15.9 Å². The number of hydrogen-bond donors (Lipinski definition) is 0. The van der Waals surface area contributed by atoms with Gasteiger partial charge in [-0.15, -0.1) is 0 Å². The van der Waals surface area contributed by atoms with Crippen molar-refractivity contribution in [1.29, 1.82) is 0 Å². The summed E-state index contributed by atoms with van der Waals surface area (Å²) in [6.45, 7) is 4.25. The third-order valence-electron chi connectivity index (χ3n) is 1.85. The van der Waals surface area contributed by atoms with Crippen molar-refractivity contribution >= 4 is 15.9 Å². The van der Waals surface area contributed by atoms with Crippen LogP contribution in [0.5, 0.6) is 0 Å². The first kappa shape index (κ1) is 12.6. The lowest BCUT2D eigenvalue weighted by atomic mass is 10.2. The van der Waals surface area contributed by atoms with Gasteiger partial charge in [0.15, 0.2) is 0 Å². The Labute approximate surface area is 97.5 Å². The molecule has 84 valence electrons. The second kappa shape index (κ2) is 6.93. The molecule has 0 bridgehead atoms. The quantitative estimate of drug-likeness (QED) is 0.744. The van der Waals surface area contributed by atoms with Crippen LogP contribution < -0.4 is 0 Å². The minimum atomic E-state index is -0.250. The van der Waals surface area contributed by atoms with Crippen LogP contribution in [-0.2, 0) is 16.1 Å². The van der Waals surface area contributed by atoms with Crippen molar-refractivity contribution in [3.8, 4) is 0 Å². The molecule has 1 aromatic rings. The molecular weight excluding hydrogens is 263 g/mol. The first-order valence-electron chi connectivity index (χ1n) is 4.83.